The van der Waals surface area contributed by atoms with Crippen LogP contribution in [0.3, 0.4) is 0 Å². The Bertz CT molecular complexity index is 1220. The SMILES string of the molecule is COc1ccc(N(CCN2CCC(C(=O)c3ccc(F)cc3)CC2)C(=O)c2ccc(N)c(OC)c2)cc1. The first-order chi connectivity index (χ1) is 17.9. The van der Waals surface area contributed by atoms with Crippen molar-refractivity contribution in [2.75, 3.05) is 51.0 Å². The standard InChI is InChI=1S/C29H32FN3O4/c1-36-25-10-8-24(9-11-25)33(29(35)22-5-12-26(31)27(19-22)37-2)18-17-32-15-13-21(14-16-32)28(34)20-3-6-23(30)7-4-20/h3-12,19,21H,13-18,31H2,1-2H3. The zero-order chi connectivity index (χ0) is 26.4. The molecule has 0 atom stereocenters. The minimum Gasteiger partial charge on any atom is -0.497 e. The van der Waals surface area contributed by atoms with Crippen LogP contribution in [0.2, 0.25) is 0 Å². The number of carbonyl (C=O) groups excluding carboxylic acids is 2. The highest BCUT2D eigenvalue weighted by molar-refractivity contribution is 6.06. The molecule has 4 rings (SSSR count). The largest absolute Gasteiger partial charge is 0.497 e. The minimum absolute atomic E-state index is 0.0620. The van der Waals surface area contributed by atoms with Crippen molar-refractivity contribution >= 4 is 23.1 Å². The number of hydrogen-bond acceptors (Lipinski definition) is 6. The number of hydrogen-bond donors (Lipinski definition) is 1. The summed E-state index contributed by atoms with van der Waals surface area (Å²) in [7, 11) is 3.12. The number of rotatable bonds is 9. The van der Waals surface area contributed by atoms with Gasteiger partial charge in [-0.25, -0.2) is 4.39 Å². The Labute approximate surface area is 216 Å². The van der Waals surface area contributed by atoms with Gasteiger partial charge < -0.3 is 25.0 Å². The molecule has 0 bridgehead atoms. The number of methoxy groups -OCH3 is 2. The summed E-state index contributed by atoms with van der Waals surface area (Å²) >= 11 is 0. The lowest BCUT2D eigenvalue weighted by Gasteiger charge is -2.33. The van der Waals surface area contributed by atoms with Gasteiger partial charge in [-0.15, -0.1) is 0 Å². The van der Waals surface area contributed by atoms with Crippen molar-refractivity contribution < 1.29 is 23.5 Å². The summed E-state index contributed by atoms with van der Waals surface area (Å²) in [5, 5.41) is 0. The lowest BCUT2D eigenvalue weighted by Crippen LogP contribution is -2.42. The van der Waals surface area contributed by atoms with Crippen LogP contribution in [0, 0.1) is 11.7 Å². The zero-order valence-corrected chi connectivity index (χ0v) is 21.2. The predicted molar refractivity (Wildman–Crippen MR) is 142 cm³/mol. The Kier molecular flexibility index (Phi) is 8.40. The molecule has 0 spiro atoms. The van der Waals surface area contributed by atoms with E-state index < -0.39 is 0 Å². The minimum atomic E-state index is -0.347. The third-order valence-electron chi connectivity index (χ3n) is 6.84. The van der Waals surface area contributed by atoms with E-state index in [1.165, 1.54) is 19.2 Å². The maximum atomic E-state index is 13.6. The number of halogens is 1. The van der Waals surface area contributed by atoms with Crippen LogP contribution in [-0.4, -0.2) is 57.0 Å². The Morgan fingerprint density at radius 3 is 2.22 bits per heavy atom. The molecular weight excluding hydrogens is 473 g/mol. The first kappa shape index (κ1) is 26.2. The lowest BCUT2D eigenvalue weighted by molar-refractivity contribution is 0.0841. The highest BCUT2D eigenvalue weighted by Gasteiger charge is 2.27. The van der Waals surface area contributed by atoms with E-state index >= 15 is 0 Å². The van der Waals surface area contributed by atoms with Gasteiger partial charge in [0.1, 0.15) is 17.3 Å². The van der Waals surface area contributed by atoms with E-state index in [2.05, 4.69) is 4.90 Å². The Morgan fingerprint density at radius 2 is 1.59 bits per heavy atom. The molecule has 1 amide bonds. The number of ketones is 1. The zero-order valence-electron chi connectivity index (χ0n) is 21.2. The number of Topliss-reactive ketones (excluding diaryl/α,β-unsaturated/α-hetero) is 1. The van der Waals surface area contributed by atoms with Gasteiger partial charge in [0.15, 0.2) is 5.78 Å². The van der Waals surface area contributed by atoms with Crippen molar-refractivity contribution in [2.24, 2.45) is 5.92 Å². The monoisotopic (exact) mass is 505 g/mol. The van der Waals surface area contributed by atoms with Gasteiger partial charge in [-0.05, 0) is 92.7 Å². The van der Waals surface area contributed by atoms with Gasteiger partial charge in [0.05, 0.1) is 19.9 Å². The summed E-state index contributed by atoms with van der Waals surface area (Å²) in [4.78, 5) is 30.4. The molecule has 3 aromatic rings. The van der Waals surface area contributed by atoms with Gasteiger partial charge in [0, 0.05) is 35.8 Å². The summed E-state index contributed by atoms with van der Waals surface area (Å²) in [6.07, 6.45) is 1.45. The second-order valence-corrected chi connectivity index (χ2v) is 9.10. The number of nitrogen functional groups attached to an aromatic ring is 1. The number of amides is 1. The van der Waals surface area contributed by atoms with Crippen molar-refractivity contribution in [1.82, 2.24) is 4.90 Å². The number of anilines is 2. The van der Waals surface area contributed by atoms with Crippen LogP contribution in [0.4, 0.5) is 15.8 Å². The maximum Gasteiger partial charge on any atom is 0.258 e. The molecule has 0 aliphatic carbocycles. The number of piperidine rings is 1. The van der Waals surface area contributed by atoms with Crippen molar-refractivity contribution in [2.45, 2.75) is 12.8 Å². The van der Waals surface area contributed by atoms with E-state index in [0.29, 0.717) is 41.4 Å². The van der Waals surface area contributed by atoms with Crippen LogP contribution >= 0.6 is 0 Å². The Hall–Kier alpha value is -3.91. The fourth-order valence-corrected chi connectivity index (χ4v) is 4.62. The average molecular weight is 506 g/mol. The number of benzene rings is 3. The van der Waals surface area contributed by atoms with Crippen molar-refractivity contribution in [3.05, 3.63) is 83.7 Å². The third kappa shape index (κ3) is 6.27. The molecule has 37 heavy (non-hydrogen) atoms. The van der Waals surface area contributed by atoms with Crippen LogP contribution in [0.15, 0.2) is 66.7 Å². The summed E-state index contributed by atoms with van der Waals surface area (Å²) < 4.78 is 23.8. The topological polar surface area (TPSA) is 85.1 Å². The van der Waals surface area contributed by atoms with E-state index in [9.17, 15) is 14.0 Å². The molecule has 1 saturated heterocycles. The smallest absolute Gasteiger partial charge is 0.258 e. The van der Waals surface area contributed by atoms with E-state index in [0.717, 1.165) is 31.6 Å². The van der Waals surface area contributed by atoms with Gasteiger partial charge in [-0.1, -0.05) is 0 Å². The first-order valence-corrected chi connectivity index (χ1v) is 12.3. The molecule has 0 aromatic heterocycles. The fraction of sp³-hybridized carbons (Fsp3) is 0.310. The molecule has 1 aliphatic rings. The van der Waals surface area contributed by atoms with Crippen LogP contribution in [0.25, 0.3) is 0 Å². The van der Waals surface area contributed by atoms with Gasteiger partial charge in [-0.3, -0.25) is 9.59 Å². The second kappa shape index (κ2) is 11.9. The van der Waals surface area contributed by atoms with Gasteiger partial charge in [-0.2, -0.15) is 0 Å². The molecule has 1 heterocycles. The molecule has 3 aromatic carbocycles. The average Bonchev–Trinajstić information content (AvgIpc) is 2.94. The second-order valence-electron chi connectivity index (χ2n) is 9.10. The Balaban J connectivity index is 1.43. The number of carbonyl (C=O) groups is 2. The summed E-state index contributed by atoms with van der Waals surface area (Å²) in [5.41, 5.74) is 8.19. The number of ether oxygens (including phenoxy) is 2. The summed E-state index contributed by atoms with van der Waals surface area (Å²) in [5.74, 6) is 0.631. The number of nitrogens with two attached hydrogens (primary N) is 1. The van der Waals surface area contributed by atoms with Gasteiger partial charge >= 0.3 is 0 Å². The highest BCUT2D eigenvalue weighted by atomic mass is 19.1. The fourth-order valence-electron chi connectivity index (χ4n) is 4.62. The van der Waals surface area contributed by atoms with Crippen molar-refractivity contribution in [3.8, 4) is 11.5 Å². The molecule has 8 heteroatoms. The molecule has 7 nitrogen and oxygen atoms in total. The van der Waals surface area contributed by atoms with Gasteiger partial charge in [0.2, 0.25) is 0 Å². The van der Waals surface area contributed by atoms with Crippen molar-refractivity contribution in [1.29, 1.82) is 0 Å². The molecule has 1 fully saturated rings. The lowest BCUT2D eigenvalue weighted by atomic mass is 9.89. The molecule has 194 valence electrons. The summed E-state index contributed by atoms with van der Waals surface area (Å²) in [6, 6.07) is 18.1. The Morgan fingerprint density at radius 1 is 0.946 bits per heavy atom. The van der Waals surface area contributed by atoms with Crippen LogP contribution in [0.5, 0.6) is 11.5 Å². The maximum absolute atomic E-state index is 13.6. The highest BCUT2D eigenvalue weighted by Crippen LogP contribution is 2.27. The molecule has 0 unspecified atom stereocenters. The van der Waals surface area contributed by atoms with Crippen LogP contribution < -0.4 is 20.1 Å². The number of nitrogens with zero attached hydrogens (tertiary/aromatic N) is 2. The molecule has 1 aliphatic heterocycles. The van der Waals surface area contributed by atoms with E-state index in [-0.39, 0.29) is 23.4 Å². The quantitative estimate of drug-likeness (QED) is 0.336. The number of likely N-dealkylation sites (tertiary alicyclic amines) is 1. The molecule has 0 saturated carbocycles. The molecular formula is C29H32FN3O4. The van der Waals surface area contributed by atoms with E-state index in [1.54, 1.807) is 42.3 Å². The summed E-state index contributed by atoms with van der Waals surface area (Å²) in [6.45, 7) is 2.62. The van der Waals surface area contributed by atoms with Crippen molar-refractivity contribution in [3.63, 3.8) is 0 Å². The van der Waals surface area contributed by atoms with Crippen LogP contribution in [-0.2, 0) is 0 Å². The predicted octanol–water partition coefficient (Wildman–Crippen LogP) is 4.67. The van der Waals surface area contributed by atoms with Gasteiger partial charge in [0.25, 0.3) is 5.91 Å². The molecule has 0 radical (unpaired) electrons. The third-order valence-corrected chi connectivity index (χ3v) is 6.84. The molecule has 2 N–H and O–H groups in total. The van der Waals surface area contributed by atoms with E-state index in [4.69, 9.17) is 15.2 Å². The first-order valence-electron chi connectivity index (χ1n) is 12.3. The van der Waals surface area contributed by atoms with E-state index in [1.807, 2.05) is 24.3 Å². The normalized spacial score (nSPS) is 14.2. The van der Waals surface area contributed by atoms with Crippen LogP contribution in [0.1, 0.15) is 33.6 Å².